The van der Waals surface area contributed by atoms with Crippen molar-refractivity contribution in [2.75, 3.05) is 106 Å². The maximum atomic E-state index is 12.6. The predicted molar refractivity (Wildman–Crippen MR) is 254 cm³/mol. The Morgan fingerprint density at radius 2 is 0.301 bits per heavy atom. The van der Waals surface area contributed by atoms with Crippen LogP contribution in [0.4, 0.5) is 0 Å². The van der Waals surface area contributed by atoms with Gasteiger partial charge in [0.1, 0.15) is 66.1 Å². The van der Waals surface area contributed by atoms with E-state index in [4.69, 9.17) is 61.6 Å². The van der Waals surface area contributed by atoms with Crippen molar-refractivity contribution < 1.29 is 110 Å². The van der Waals surface area contributed by atoms with Gasteiger partial charge in [0.2, 0.25) is 0 Å². The molecule has 0 aromatic heterocycles. The predicted octanol–water partition coefficient (Wildman–Crippen LogP) is 2.27. The van der Waals surface area contributed by atoms with Crippen LogP contribution in [-0.2, 0) is 110 Å². The van der Waals surface area contributed by atoms with Crippen LogP contribution in [0.2, 0.25) is 0 Å². The molecule has 0 N–H and O–H groups in total. The minimum absolute atomic E-state index is 0.584. The second-order valence-corrected chi connectivity index (χ2v) is 15.6. The maximum Gasteiger partial charge on any atom is 0.330 e. The molecule has 0 aliphatic rings. The van der Waals surface area contributed by atoms with Gasteiger partial charge in [0.15, 0.2) is 0 Å². The Morgan fingerprint density at radius 3 is 0.397 bits per heavy atom. The van der Waals surface area contributed by atoms with Crippen LogP contribution in [0.3, 0.4) is 0 Å². The third kappa shape index (κ3) is 26.7. The highest BCUT2D eigenvalue weighted by Gasteiger charge is 2.43. The van der Waals surface area contributed by atoms with Crippen molar-refractivity contribution in [3.63, 3.8) is 0 Å². The fraction of sp³-hybridized carbons (Fsp3) is 0.400. The van der Waals surface area contributed by atoms with E-state index in [1.807, 2.05) is 0 Å². The van der Waals surface area contributed by atoms with E-state index in [-0.39, 0.29) is 0 Å². The highest BCUT2D eigenvalue weighted by atomic mass is 16.6. The average Bonchev–Trinajstić information content (AvgIpc) is 3.41. The van der Waals surface area contributed by atoms with E-state index in [1.54, 1.807) is 0 Å². The van der Waals surface area contributed by atoms with Gasteiger partial charge in [0, 0.05) is 60.8 Å². The average molecular weight is 1030 g/mol. The number of carbonyl (C=O) groups excluding carboxylic acids is 10. The van der Waals surface area contributed by atoms with Crippen molar-refractivity contribution in [2.24, 2.45) is 21.7 Å². The molecule has 0 saturated heterocycles. The molecular weight excluding hydrogens is 969 g/mol. The maximum absolute atomic E-state index is 12.6. The number of ether oxygens (including phenoxy) is 13. The largest absolute Gasteiger partial charge is 0.462 e. The minimum Gasteiger partial charge on any atom is -0.462 e. The summed E-state index contributed by atoms with van der Waals surface area (Å²) in [6, 6.07) is 0. The highest BCUT2D eigenvalue weighted by molar-refractivity contribution is 5.84. The SMILES string of the molecule is C=CC(=O)OCC(COCC(COCC(COC(=O)C=C)(COC(=O)C=C)COC(=O)C=C)(COC(=O)C=C)COC(=O)C=C)(COCC(COC(=O)C=C)(COC(=O)C=C)COC(=O)C=C)COC(=O)C=C. The van der Waals surface area contributed by atoms with Gasteiger partial charge >= 0.3 is 59.7 Å². The summed E-state index contributed by atoms with van der Waals surface area (Å²) >= 11 is 0. The minimum atomic E-state index is -1.76. The fourth-order valence-electron chi connectivity index (χ4n) is 5.28. The summed E-state index contributed by atoms with van der Waals surface area (Å²) < 4.78 is 71.8. The standard InChI is InChI=1S/C50H62O23/c1-11-37(51)64-27-47(28-65-38(52)12-2,23-62-25-49(31-68-41(55)15-5,32-69-42(56)16-6)33-70-43(57)17-7)21-61-22-48(29-66-39(53)13-3,30-67-40(54)14-4)24-63-26-50(34-71-44(58)18-8,35-72-45(59)19-9)36-73-46(60)20-10/h11-20H,1-10,21-36H2. The van der Waals surface area contributed by atoms with Gasteiger partial charge in [-0.1, -0.05) is 65.8 Å². The molecule has 0 saturated carbocycles. The Morgan fingerprint density at radius 1 is 0.205 bits per heavy atom. The summed E-state index contributed by atoms with van der Waals surface area (Å²) in [4.78, 5) is 124. The molecule has 0 spiro atoms. The lowest BCUT2D eigenvalue weighted by molar-refractivity contribution is -0.174. The normalized spacial score (nSPS) is 11.0. The van der Waals surface area contributed by atoms with Crippen LogP contribution < -0.4 is 0 Å². The Labute approximate surface area is 422 Å². The van der Waals surface area contributed by atoms with Crippen molar-refractivity contribution in [1.29, 1.82) is 0 Å². The van der Waals surface area contributed by atoms with Crippen molar-refractivity contribution in [3.8, 4) is 0 Å². The zero-order valence-electron chi connectivity index (χ0n) is 40.5. The zero-order chi connectivity index (χ0) is 55.4. The van der Waals surface area contributed by atoms with Crippen LogP contribution in [0.25, 0.3) is 0 Å². The van der Waals surface area contributed by atoms with E-state index in [9.17, 15) is 47.9 Å². The topological polar surface area (TPSA) is 291 Å². The number of rotatable bonds is 42. The fourth-order valence-corrected chi connectivity index (χ4v) is 5.28. The lowest BCUT2D eigenvalue weighted by Gasteiger charge is -2.38. The third-order valence-corrected chi connectivity index (χ3v) is 9.32. The second-order valence-electron chi connectivity index (χ2n) is 15.6. The number of esters is 10. The van der Waals surface area contributed by atoms with Crippen LogP contribution in [0.15, 0.2) is 127 Å². The van der Waals surface area contributed by atoms with Gasteiger partial charge in [0.25, 0.3) is 0 Å². The summed E-state index contributed by atoms with van der Waals surface area (Å²) in [5.41, 5.74) is -6.87. The molecule has 0 radical (unpaired) electrons. The van der Waals surface area contributed by atoms with Crippen LogP contribution in [0, 0.1) is 21.7 Å². The van der Waals surface area contributed by atoms with Crippen LogP contribution >= 0.6 is 0 Å². The molecule has 0 fully saturated rings. The van der Waals surface area contributed by atoms with Gasteiger partial charge in [-0.25, -0.2) is 47.9 Å². The second kappa shape index (κ2) is 35.1. The molecule has 400 valence electrons. The van der Waals surface area contributed by atoms with Crippen molar-refractivity contribution in [3.05, 3.63) is 127 Å². The van der Waals surface area contributed by atoms with E-state index in [1.165, 1.54) is 0 Å². The summed E-state index contributed by atoms with van der Waals surface area (Å²) in [5.74, 6) is -9.42. The molecule has 0 bridgehead atoms. The lowest BCUT2D eigenvalue weighted by atomic mass is 9.89. The van der Waals surface area contributed by atoms with Crippen LogP contribution in [-0.4, -0.2) is 165 Å². The molecule has 0 amide bonds. The van der Waals surface area contributed by atoms with E-state index >= 15 is 0 Å². The molecule has 0 atom stereocenters. The molecular formula is C50H62O23. The quantitative estimate of drug-likeness (QED) is 0.0481. The smallest absolute Gasteiger partial charge is 0.330 e. The zero-order valence-corrected chi connectivity index (χ0v) is 40.5. The molecule has 0 unspecified atom stereocenters. The first-order valence-electron chi connectivity index (χ1n) is 21.3. The Bertz CT molecular complexity index is 1740. The monoisotopic (exact) mass is 1030 g/mol. The number of hydrogen-bond donors (Lipinski definition) is 0. The summed E-state index contributed by atoms with van der Waals surface area (Å²) in [7, 11) is 0. The van der Waals surface area contributed by atoms with Gasteiger partial charge in [-0.05, 0) is 0 Å². The number of carbonyl (C=O) groups is 10. The van der Waals surface area contributed by atoms with Gasteiger partial charge in [-0.2, -0.15) is 0 Å². The first-order chi connectivity index (χ1) is 34.7. The lowest BCUT2D eigenvalue weighted by Crippen LogP contribution is -2.49. The Balaban J connectivity index is 7.68. The molecule has 0 aromatic carbocycles. The van der Waals surface area contributed by atoms with Gasteiger partial charge < -0.3 is 61.6 Å². The molecule has 23 heteroatoms. The third-order valence-electron chi connectivity index (χ3n) is 9.32. The van der Waals surface area contributed by atoms with E-state index < -0.39 is 187 Å². The first kappa shape index (κ1) is 65.0. The molecule has 0 heterocycles. The van der Waals surface area contributed by atoms with Crippen LogP contribution in [0.5, 0.6) is 0 Å². The van der Waals surface area contributed by atoms with Gasteiger partial charge in [0.05, 0.1) is 61.3 Å². The van der Waals surface area contributed by atoms with E-state index in [0.29, 0.717) is 0 Å². The van der Waals surface area contributed by atoms with Crippen molar-refractivity contribution in [1.82, 2.24) is 0 Å². The first-order valence-corrected chi connectivity index (χ1v) is 21.3. The van der Waals surface area contributed by atoms with Crippen molar-refractivity contribution in [2.45, 2.75) is 0 Å². The summed E-state index contributed by atoms with van der Waals surface area (Å²) in [6.45, 7) is 23.6. The highest BCUT2D eigenvalue weighted by Crippen LogP contribution is 2.30. The number of hydrogen-bond acceptors (Lipinski definition) is 23. The summed E-state index contributed by atoms with van der Waals surface area (Å²) in [5, 5.41) is 0. The van der Waals surface area contributed by atoms with Gasteiger partial charge in [-0.3, -0.25) is 0 Å². The van der Waals surface area contributed by atoms with Gasteiger partial charge in [-0.15, -0.1) is 0 Å². The van der Waals surface area contributed by atoms with Crippen LogP contribution in [0.1, 0.15) is 0 Å². The Hall–Kier alpha value is -8.02. The molecule has 0 aliphatic carbocycles. The molecule has 23 nitrogen and oxygen atoms in total. The molecule has 0 rings (SSSR count). The Kier molecular flexibility index (Phi) is 31.3. The molecule has 73 heavy (non-hydrogen) atoms. The molecule has 0 aromatic rings. The van der Waals surface area contributed by atoms with E-state index in [2.05, 4.69) is 65.8 Å². The van der Waals surface area contributed by atoms with Crippen molar-refractivity contribution >= 4 is 59.7 Å². The van der Waals surface area contributed by atoms with E-state index in [0.717, 1.165) is 60.8 Å². The summed E-state index contributed by atoms with van der Waals surface area (Å²) in [6.07, 6.45) is 8.30. The molecule has 0 aliphatic heterocycles.